The Kier molecular flexibility index (Phi) is 5.46. The third kappa shape index (κ3) is 4.29. The van der Waals surface area contributed by atoms with Gasteiger partial charge in [-0.25, -0.2) is 4.39 Å². The first kappa shape index (κ1) is 18.5. The Bertz CT molecular complexity index is 965. The van der Waals surface area contributed by atoms with Crippen LogP contribution in [0.15, 0.2) is 64.0 Å². The van der Waals surface area contributed by atoms with Gasteiger partial charge < -0.3 is 9.73 Å². The highest BCUT2D eigenvalue weighted by Gasteiger charge is 2.19. The van der Waals surface area contributed by atoms with E-state index in [4.69, 9.17) is 4.42 Å². The van der Waals surface area contributed by atoms with E-state index < -0.39 is 17.3 Å². The molecule has 8 heteroatoms. The molecule has 0 aliphatic carbocycles. The molecule has 0 aliphatic heterocycles. The smallest absolute Gasteiger partial charge is 0.271 e. The third-order valence-corrected chi connectivity index (χ3v) is 4.06. The molecule has 140 valence electrons. The van der Waals surface area contributed by atoms with Gasteiger partial charge in [-0.15, -0.1) is 0 Å². The Labute approximate surface area is 155 Å². The average molecular weight is 370 g/mol. The Balaban J connectivity index is 1.78. The predicted octanol–water partition coefficient (Wildman–Crippen LogP) is 2.00. The molecule has 2 heterocycles. The summed E-state index contributed by atoms with van der Waals surface area (Å²) in [5.74, 6) is -0.123. The van der Waals surface area contributed by atoms with Gasteiger partial charge >= 0.3 is 0 Å². The normalized spacial score (nSPS) is 12.1. The third-order valence-electron chi connectivity index (χ3n) is 4.06. The van der Waals surface area contributed by atoms with Crippen molar-refractivity contribution in [1.29, 1.82) is 0 Å². The zero-order chi connectivity index (χ0) is 19.4. The topological polar surface area (TPSA) is 80.4 Å². The Morgan fingerprint density at radius 2 is 1.96 bits per heavy atom. The molecule has 0 aliphatic rings. The van der Waals surface area contributed by atoms with Gasteiger partial charge in [0.05, 0.1) is 18.0 Å². The van der Waals surface area contributed by atoms with Crippen LogP contribution in [0.2, 0.25) is 0 Å². The zero-order valence-corrected chi connectivity index (χ0v) is 14.9. The van der Waals surface area contributed by atoms with Gasteiger partial charge in [-0.2, -0.15) is 9.78 Å². The number of hydrogen-bond donors (Lipinski definition) is 1. The molecule has 1 atom stereocenters. The van der Waals surface area contributed by atoms with Crippen LogP contribution >= 0.6 is 0 Å². The van der Waals surface area contributed by atoms with Crippen LogP contribution in [0, 0.1) is 5.82 Å². The van der Waals surface area contributed by atoms with Crippen LogP contribution in [0.1, 0.15) is 22.3 Å². The van der Waals surface area contributed by atoms with Crippen molar-refractivity contribution in [1.82, 2.24) is 20.0 Å². The van der Waals surface area contributed by atoms with Crippen LogP contribution in [0.3, 0.4) is 0 Å². The van der Waals surface area contributed by atoms with Gasteiger partial charge in [-0.05, 0) is 56.6 Å². The van der Waals surface area contributed by atoms with Crippen molar-refractivity contribution in [3.05, 3.63) is 82.4 Å². The van der Waals surface area contributed by atoms with Crippen molar-refractivity contribution in [3.63, 3.8) is 0 Å². The first-order chi connectivity index (χ1) is 13.0. The number of hydrogen-bond acceptors (Lipinski definition) is 5. The van der Waals surface area contributed by atoms with Crippen LogP contribution in [-0.2, 0) is 0 Å². The summed E-state index contributed by atoms with van der Waals surface area (Å²) in [6.45, 7) is 0.302. The molecule has 0 saturated carbocycles. The highest BCUT2D eigenvalue weighted by atomic mass is 19.1. The standard InChI is InChI=1S/C19H19FN4O3/c1-23(2)16(17-4-3-11-27-17)12-21-19(26)15-9-10-18(25)24(22-15)14-7-5-13(20)6-8-14/h3-11,16H,12H2,1-2H3,(H,21,26). The van der Waals surface area contributed by atoms with Gasteiger partial charge in [0.2, 0.25) is 0 Å². The number of furan rings is 1. The molecular weight excluding hydrogens is 351 g/mol. The van der Waals surface area contributed by atoms with Gasteiger partial charge in [-0.1, -0.05) is 0 Å². The van der Waals surface area contributed by atoms with Crippen molar-refractivity contribution in [3.8, 4) is 5.69 Å². The van der Waals surface area contributed by atoms with Crippen molar-refractivity contribution in [2.75, 3.05) is 20.6 Å². The number of aromatic nitrogens is 2. The fourth-order valence-electron chi connectivity index (χ4n) is 2.60. The second-order valence-corrected chi connectivity index (χ2v) is 6.15. The molecular formula is C19H19FN4O3. The van der Waals surface area contributed by atoms with Gasteiger partial charge in [0.25, 0.3) is 11.5 Å². The van der Waals surface area contributed by atoms with Crippen molar-refractivity contribution < 1.29 is 13.6 Å². The maximum atomic E-state index is 13.1. The quantitative estimate of drug-likeness (QED) is 0.718. The molecule has 1 amide bonds. The lowest BCUT2D eigenvalue weighted by Gasteiger charge is -2.22. The average Bonchev–Trinajstić information content (AvgIpc) is 3.17. The largest absolute Gasteiger partial charge is 0.468 e. The molecule has 0 radical (unpaired) electrons. The molecule has 0 saturated heterocycles. The summed E-state index contributed by atoms with van der Waals surface area (Å²) < 4.78 is 19.6. The number of likely N-dealkylation sites (N-methyl/N-ethyl adjacent to an activating group) is 1. The summed E-state index contributed by atoms with van der Waals surface area (Å²) in [4.78, 5) is 26.5. The van der Waals surface area contributed by atoms with E-state index in [1.54, 1.807) is 12.3 Å². The van der Waals surface area contributed by atoms with Crippen LogP contribution in [0.4, 0.5) is 4.39 Å². The van der Waals surface area contributed by atoms with E-state index in [-0.39, 0.29) is 11.7 Å². The van der Waals surface area contributed by atoms with E-state index in [1.165, 1.54) is 36.4 Å². The van der Waals surface area contributed by atoms with Crippen LogP contribution < -0.4 is 10.9 Å². The van der Waals surface area contributed by atoms with Crippen molar-refractivity contribution >= 4 is 5.91 Å². The summed E-state index contributed by atoms with van der Waals surface area (Å²) in [5, 5.41) is 6.89. The number of carbonyl (C=O) groups excluding carboxylic acids is 1. The first-order valence-electron chi connectivity index (χ1n) is 8.30. The lowest BCUT2D eigenvalue weighted by atomic mass is 10.2. The Hall–Kier alpha value is -3.26. The molecule has 3 aromatic rings. The summed E-state index contributed by atoms with van der Waals surface area (Å²) >= 11 is 0. The molecule has 0 spiro atoms. The summed E-state index contributed by atoms with van der Waals surface area (Å²) in [6, 6.07) is 11.4. The number of nitrogens with one attached hydrogen (secondary N) is 1. The van der Waals surface area contributed by atoms with Crippen LogP contribution in [-0.4, -0.2) is 41.2 Å². The van der Waals surface area contributed by atoms with Crippen LogP contribution in [0.5, 0.6) is 0 Å². The van der Waals surface area contributed by atoms with Crippen molar-refractivity contribution in [2.45, 2.75) is 6.04 Å². The van der Waals surface area contributed by atoms with Gasteiger partial charge in [0, 0.05) is 12.6 Å². The Morgan fingerprint density at radius 1 is 1.22 bits per heavy atom. The van der Waals surface area contributed by atoms with E-state index in [1.807, 2.05) is 25.1 Å². The number of halogens is 1. The number of nitrogens with zero attached hydrogens (tertiary/aromatic N) is 3. The van der Waals surface area contributed by atoms with E-state index in [9.17, 15) is 14.0 Å². The monoisotopic (exact) mass is 370 g/mol. The van der Waals surface area contributed by atoms with Gasteiger partial charge in [-0.3, -0.25) is 14.5 Å². The highest BCUT2D eigenvalue weighted by molar-refractivity contribution is 5.92. The predicted molar refractivity (Wildman–Crippen MR) is 97.3 cm³/mol. The lowest BCUT2D eigenvalue weighted by Crippen LogP contribution is -2.35. The maximum absolute atomic E-state index is 13.1. The molecule has 1 unspecified atom stereocenters. The molecule has 27 heavy (non-hydrogen) atoms. The minimum absolute atomic E-state index is 0.0795. The molecule has 0 fully saturated rings. The summed E-state index contributed by atoms with van der Waals surface area (Å²) in [7, 11) is 3.76. The number of rotatable bonds is 6. The second kappa shape index (κ2) is 7.96. The highest BCUT2D eigenvalue weighted by Crippen LogP contribution is 2.17. The SMILES string of the molecule is CN(C)C(CNC(=O)c1ccc(=O)n(-c2ccc(F)cc2)n1)c1ccco1. The van der Waals surface area contributed by atoms with Crippen LogP contribution in [0.25, 0.3) is 5.69 Å². The molecule has 2 aromatic heterocycles. The van der Waals surface area contributed by atoms with Crippen molar-refractivity contribution in [2.24, 2.45) is 0 Å². The first-order valence-corrected chi connectivity index (χ1v) is 8.30. The summed E-state index contributed by atoms with van der Waals surface area (Å²) in [5.41, 5.74) is 0.0357. The minimum Gasteiger partial charge on any atom is -0.468 e. The summed E-state index contributed by atoms with van der Waals surface area (Å²) in [6.07, 6.45) is 1.58. The molecule has 1 N–H and O–H groups in total. The van der Waals surface area contributed by atoms with E-state index in [2.05, 4.69) is 10.4 Å². The molecule has 3 rings (SSSR count). The van der Waals surface area contributed by atoms with Gasteiger partial charge in [0.1, 0.15) is 17.3 Å². The van der Waals surface area contributed by atoms with E-state index in [0.29, 0.717) is 12.2 Å². The molecule has 1 aromatic carbocycles. The Morgan fingerprint density at radius 3 is 2.59 bits per heavy atom. The van der Waals surface area contributed by atoms with Gasteiger partial charge in [0.15, 0.2) is 0 Å². The molecule has 7 nitrogen and oxygen atoms in total. The van der Waals surface area contributed by atoms with E-state index in [0.717, 1.165) is 10.4 Å². The fourth-order valence-corrected chi connectivity index (χ4v) is 2.60. The molecule has 0 bridgehead atoms. The second-order valence-electron chi connectivity index (χ2n) is 6.15. The minimum atomic E-state index is -0.427. The number of amides is 1. The lowest BCUT2D eigenvalue weighted by molar-refractivity contribution is 0.0932. The number of benzene rings is 1. The maximum Gasteiger partial charge on any atom is 0.271 e. The fraction of sp³-hybridized carbons (Fsp3) is 0.211. The number of carbonyl (C=O) groups is 1. The van der Waals surface area contributed by atoms with E-state index >= 15 is 0 Å². The zero-order valence-electron chi connectivity index (χ0n) is 14.9.